The number of thiazole rings is 1. The monoisotopic (exact) mass is 340 g/mol. The van der Waals surface area contributed by atoms with E-state index in [9.17, 15) is 0 Å². The summed E-state index contributed by atoms with van der Waals surface area (Å²) in [6, 6.07) is 6.05. The van der Waals surface area contributed by atoms with E-state index >= 15 is 0 Å². The van der Waals surface area contributed by atoms with Crippen LogP contribution in [0.1, 0.15) is 23.8 Å². The van der Waals surface area contributed by atoms with E-state index in [1.54, 1.807) is 11.3 Å². The fourth-order valence-corrected chi connectivity index (χ4v) is 2.66. The zero-order valence-electron chi connectivity index (χ0n) is 11.1. The van der Waals surface area contributed by atoms with Gasteiger partial charge in [-0.1, -0.05) is 40.3 Å². The van der Waals surface area contributed by atoms with Crippen LogP contribution in [0.5, 0.6) is 5.75 Å². The Labute approximate surface area is 126 Å². The number of hydrogen-bond donors (Lipinski definition) is 1. The van der Waals surface area contributed by atoms with Crippen LogP contribution < -0.4 is 10.1 Å². The lowest BCUT2D eigenvalue weighted by molar-refractivity contribution is 0.307. The van der Waals surface area contributed by atoms with Crippen molar-refractivity contribution in [3.63, 3.8) is 0 Å². The molecule has 0 bridgehead atoms. The third-order valence-corrected chi connectivity index (χ3v) is 4.02. The lowest BCUT2D eigenvalue weighted by Gasteiger charge is -2.08. The molecule has 2 aromatic rings. The number of aryl methyl sites for hydroxylation is 1. The Morgan fingerprint density at radius 1 is 1.42 bits per heavy atom. The summed E-state index contributed by atoms with van der Waals surface area (Å²) in [6.45, 7) is 5.70. The molecule has 19 heavy (non-hydrogen) atoms. The molecule has 102 valence electrons. The molecule has 0 spiro atoms. The number of anilines is 1. The number of benzene rings is 1. The van der Waals surface area contributed by atoms with Gasteiger partial charge < -0.3 is 10.1 Å². The van der Waals surface area contributed by atoms with Crippen LogP contribution in [0.4, 0.5) is 5.13 Å². The lowest BCUT2D eigenvalue weighted by atomic mass is 10.2. The van der Waals surface area contributed by atoms with Crippen molar-refractivity contribution in [1.82, 2.24) is 4.98 Å². The summed E-state index contributed by atoms with van der Waals surface area (Å²) in [5.41, 5.74) is 1.14. The number of nitrogens with one attached hydrogen (secondary N) is 1. The molecule has 0 atom stereocenters. The molecule has 0 fully saturated rings. The fourth-order valence-electron chi connectivity index (χ4n) is 1.57. The first-order chi connectivity index (χ1) is 9.19. The van der Waals surface area contributed by atoms with Gasteiger partial charge in [-0.25, -0.2) is 4.98 Å². The summed E-state index contributed by atoms with van der Waals surface area (Å²) >= 11 is 5.10. The SMILES string of the molecule is CCCNc1ncc(COc2cc(Br)ccc2C)s1. The van der Waals surface area contributed by atoms with Crippen molar-refractivity contribution in [3.8, 4) is 5.75 Å². The summed E-state index contributed by atoms with van der Waals surface area (Å²) in [6.07, 6.45) is 2.97. The molecular weight excluding hydrogens is 324 g/mol. The van der Waals surface area contributed by atoms with Gasteiger partial charge >= 0.3 is 0 Å². The number of halogens is 1. The molecule has 3 nitrogen and oxygen atoms in total. The van der Waals surface area contributed by atoms with Gasteiger partial charge in [0, 0.05) is 17.2 Å². The summed E-state index contributed by atoms with van der Waals surface area (Å²) < 4.78 is 6.86. The van der Waals surface area contributed by atoms with Crippen LogP contribution in [0.2, 0.25) is 0 Å². The molecule has 0 saturated carbocycles. The predicted molar refractivity (Wildman–Crippen MR) is 84.1 cm³/mol. The van der Waals surface area contributed by atoms with Gasteiger partial charge in [-0.05, 0) is 31.0 Å². The van der Waals surface area contributed by atoms with Crippen LogP contribution in [-0.2, 0) is 6.61 Å². The Hall–Kier alpha value is -1.07. The Morgan fingerprint density at radius 2 is 2.26 bits per heavy atom. The molecule has 0 saturated heterocycles. The van der Waals surface area contributed by atoms with Crippen molar-refractivity contribution in [3.05, 3.63) is 39.3 Å². The van der Waals surface area contributed by atoms with Gasteiger partial charge in [-0.2, -0.15) is 0 Å². The van der Waals surface area contributed by atoms with Crippen LogP contribution in [0.25, 0.3) is 0 Å². The van der Waals surface area contributed by atoms with Crippen molar-refractivity contribution in [1.29, 1.82) is 0 Å². The van der Waals surface area contributed by atoms with E-state index in [2.05, 4.69) is 33.2 Å². The van der Waals surface area contributed by atoms with Gasteiger partial charge in [0.15, 0.2) is 5.13 Å². The van der Waals surface area contributed by atoms with Crippen LogP contribution in [0, 0.1) is 6.92 Å². The Bertz CT molecular complexity index is 542. The highest BCUT2D eigenvalue weighted by molar-refractivity contribution is 9.10. The van der Waals surface area contributed by atoms with Crippen molar-refractivity contribution in [2.75, 3.05) is 11.9 Å². The van der Waals surface area contributed by atoms with E-state index in [0.29, 0.717) is 6.61 Å². The number of hydrogen-bond acceptors (Lipinski definition) is 4. The molecule has 0 aliphatic carbocycles. The standard InChI is InChI=1S/C14H17BrN2OS/c1-3-6-16-14-17-8-12(19-14)9-18-13-7-11(15)5-4-10(13)2/h4-5,7-8H,3,6,9H2,1-2H3,(H,16,17). The largest absolute Gasteiger partial charge is 0.488 e. The van der Waals surface area contributed by atoms with Crippen LogP contribution in [0.3, 0.4) is 0 Å². The van der Waals surface area contributed by atoms with Gasteiger partial charge in [0.05, 0.1) is 4.88 Å². The van der Waals surface area contributed by atoms with Crippen molar-refractivity contribution in [2.45, 2.75) is 26.9 Å². The van der Waals surface area contributed by atoms with Gasteiger partial charge in [0.1, 0.15) is 12.4 Å². The molecule has 1 heterocycles. The van der Waals surface area contributed by atoms with Gasteiger partial charge in [-0.3, -0.25) is 0 Å². The third-order valence-electron chi connectivity index (χ3n) is 2.60. The second kappa shape index (κ2) is 6.91. The average molecular weight is 341 g/mol. The minimum Gasteiger partial charge on any atom is -0.488 e. The van der Waals surface area contributed by atoms with E-state index in [0.717, 1.165) is 38.8 Å². The first-order valence-corrected chi connectivity index (χ1v) is 7.87. The van der Waals surface area contributed by atoms with Crippen LogP contribution in [-0.4, -0.2) is 11.5 Å². The highest BCUT2D eigenvalue weighted by atomic mass is 79.9. The Balaban J connectivity index is 1.94. The summed E-state index contributed by atoms with van der Waals surface area (Å²) in [5, 5.41) is 4.24. The van der Waals surface area contributed by atoms with E-state index in [-0.39, 0.29) is 0 Å². The Kier molecular flexibility index (Phi) is 5.22. The maximum atomic E-state index is 5.83. The molecule has 5 heteroatoms. The normalized spacial score (nSPS) is 10.5. The minimum absolute atomic E-state index is 0.558. The summed E-state index contributed by atoms with van der Waals surface area (Å²) in [5.74, 6) is 0.908. The highest BCUT2D eigenvalue weighted by Gasteiger charge is 2.04. The second-order valence-corrected chi connectivity index (χ2v) is 6.29. The van der Waals surface area contributed by atoms with Crippen LogP contribution >= 0.6 is 27.3 Å². The number of ether oxygens (including phenoxy) is 1. The third kappa shape index (κ3) is 4.21. The van der Waals surface area contributed by atoms with Crippen molar-refractivity contribution < 1.29 is 4.74 Å². The molecule has 2 rings (SSSR count). The number of rotatable bonds is 6. The first-order valence-electron chi connectivity index (χ1n) is 6.26. The molecule has 0 aliphatic rings. The van der Waals surface area contributed by atoms with E-state index in [1.807, 2.05) is 31.3 Å². The molecule has 1 aromatic carbocycles. The topological polar surface area (TPSA) is 34.2 Å². The molecule has 0 unspecified atom stereocenters. The number of aromatic nitrogens is 1. The molecule has 0 aliphatic heterocycles. The minimum atomic E-state index is 0.558. The fraction of sp³-hybridized carbons (Fsp3) is 0.357. The highest BCUT2D eigenvalue weighted by Crippen LogP contribution is 2.25. The van der Waals surface area contributed by atoms with E-state index in [4.69, 9.17) is 4.74 Å². The van der Waals surface area contributed by atoms with Gasteiger partial charge in [-0.15, -0.1) is 0 Å². The lowest BCUT2D eigenvalue weighted by Crippen LogP contribution is -1.98. The molecule has 1 N–H and O–H groups in total. The summed E-state index contributed by atoms with van der Waals surface area (Å²) in [7, 11) is 0. The van der Waals surface area contributed by atoms with E-state index < -0.39 is 0 Å². The predicted octanol–water partition coefficient (Wildman–Crippen LogP) is 4.61. The number of nitrogens with zero attached hydrogens (tertiary/aromatic N) is 1. The quantitative estimate of drug-likeness (QED) is 0.833. The first kappa shape index (κ1) is 14.3. The molecule has 0 radical (unpaired) electrons. The van der Waals surface area contributed by atoms with Gasteiger partial charge in [0.25, 0.3) is 0 Å². The second-order valence-electron chi connectivity index (χ2n) is 4.26. The molecule has 0 amide bonds. The zero-order valence-corrected chi connectivity index (χ0v) is 13.5. The van der Waals surface area contributed by atoms with Crippen molar-refractivity contribution in [2.24, 2.45) is 0 Å². The average Bonchev–Trinajstić information content (AvgIpc) is 2.85. The van der Waals surface area contributed by atoms with Gasteiger partial charge in [0.2, 0.25) is 0 Å². The molecular formula is C14H17BrN2OS. The summed E-state index contributed by atoms with van der Waals surface area (Å²) in [4.78, 5) is 5.45. The van der Waals surface area contributed by atoms with Crippen molar-refractivity contribution >= 4 is 32.4 Å². The zero-order chi connectivity index (χ0) is 13.7. The smallest absolute Gasteiger partial charge is 0.182 e. The maximum absolute atomic E-state index is 5.83. The Morgan fingerprint density at radius 3 is 3.05 bits per heavy atom. The van der Waals surface area contributed by atoms with Crippen LogP contribution in [0.15, 0.2) is 28.9 Å². The van der Waals surface area contributed by atoms with E-state index in [1.165, 1.54) is 0 Å². The maximum Gasteiger partial charge on any atom is 0.182 e. The molecule has 1 aromatic heterocycles.